The van der Waals surface area contributed by atoms with Crippen molar-refractivity contribution in [2.75, 3.05) is 20.3 Å². The van der Waals surface area contributed by atoms with Gasteiger partial charge in [-0.15, -0.1) is 0 Å². The van der Waals surface area contributed by atoms with Crippen LogP contribution in [0.4, 0.5) is 0 Å². The summed E-state index contributed by atoms with van der Waals surface area (Å²) in [6.07, 6.45) is 0. The summed E-state index contributed by atoms with van der Waals surface area (Å²) in [4.78, 5) is 24.5. The van der Waals surface area contributed by atoms with Crippen LogP contribution in [-0.2, 0) is 4.79 Å². The minimum absolute atomic E-state index is 0.253. The third-order valence-electron chi connectivity index (χ3n) is 4.37. The molecule has 0 aromatic heterocycles. The number of benzene rings is 3. The second-order valence-corrected chi connectivity index (χ2v) is 6.45. The van der Waals surface area contributed by atoms with Crippen LogP contribution in [0, 0.1) is 0 Å². The van der Waals surface area contributed by atoms with Crippen LogP contribution >= 0.6 is 0 Å². The molecule has 0 bridgehead atoms. The largest absolute Gasteiger partial charge is 0.493 e. The first kappa shape index (κ1) is 21.7. The van der Waals surface area contributed by atoms with Crippen LogP contribution < -0.4 is 25.1 Å². The Morgan fingerprint density at radius 2 is 1.55 bits per heavy atom. The molecule has 0 aliphatic rings. The highest BCUT2D eigenvalue weighted by Crippen LogP contribution is 2.29. The van der Waals surface area contributed by atoms with Gasteiger partial charge < -0.3 is 14.2 Å². The third-order valence-corrected chi connectivity index (χ3v) is 4.37. The molecule has 0 spiro atoms. The summed E-state index contributed by atoms with van der Waals surface area (Å²) in [5.41, 5.74) is 6.90. The number of hydrogen-bond donors (Lipinski definition) is 2. The van der Waals surface area contributed by atoms with Crippen LogP contribution in [0.25, 0.3) is 11.1 Å². The van der Waals surface area contributed by atoms with E-state index in [4.69, 9.17) is 14.2 Å². The smallest absolute Gasteiger partial charge is 0.276 e. The number of para-hydroxylation sites is 1. The van der Waals surface area contributed by atoms with Crippen molar-refractivity contribution in [1.82, 2.24) is 10.9 Å². The van der Waals surface area contributed by atoms with Crippen molar-refractivity contribution in [2.24, 2.45) is 0 Å². The topological polar surface area (TPSA) is 85.9 Å². The summed E-state index contributed by atoms with van der Waals surface area (Å²) in [5, 5.41) is 0. The van der Waals surface area contributed by atoms with Crippen molar-refractivity contribution in [3.63, 3.8) is 0 Å². The molecule has 31 heavy (non-hydrogen) atoms. The Morgan fingerprint density at radius 3 is 2.29 bits per heavy atom. The van der Waals surface area contributed by atoms with Gasteiger partial charge in [0.15, 0.2) is 18.1 Å². The highest BCUT2D eigenvalue weighted by atomic mass is 16.5. The molecule has 3 aromatic rings. The van der Waals surface area contributed by atoms with Crippen LogP contribution in [0.15, 0.2) is 72.8 Å². The van der Waals surface area contributed by atoms with E-state index in [2.05, 4.69) is 10.9 Å². The highest BCUT2D eigenvalue weighted by molar-refractivity contribution is 5.96. The van der Waals surface area contributed by atoms with Crippen molar-refractivity contribution >= 4 is 11.8 Å². The molecule has 0 atom stereocenters. The molecule has 160 valence electrons. The summed E-state index contributed by atoms with van der Waals surface area (Å²) in [5.74, 6) is 0.567. The van der Waals surface area contributed by atoms with Crippen LogP contribution in [0.1, 0.15) is 17.3 Å². The van der Waals surface area contributed by atoms with Crippen molar-refractivity contribution in [2.45, 2.75) is 6.92 Å². The number of amides is 2. The maximum Gasteiger partial charge on any atom is 0.276 e. The lowest BCUT2D eigenvalue weighted by Crippen LogP contribution is -2.43. The van der Waals surface area contributed by atoms with Crippen LogP contribution in [0.5, 0.6) is 17.2 Å². The molecule has 3 rings (SSSR count). The van der Waals surface area contributed by atoms with Crippen LogP contribution in [0.2, 0.25) is 0 Å². The van der Waals surface area contributed by atoms with Gasteiger partial charge in [-0.2, -0.15) is 0 Å². The van der Waals surface area contributed by atoms with E-state index in [0.29, 0.717) is 29.4 Å². The number of rotatable bonds is 8. The van der Waals surface area contributed by atoms with Crippen LogP contribution in [-0.4, -0.2) is 32.1 Å². The predicted octanol–water partition coefficient (Wildman–Crippen LogP) is 3.60. The molecule has 7 nitrogen and oxygen atoms in total. The number of carbonyl (C=O) groups is 2. The van der Waals surface area contributed by atoms with E-state index in [1.54, 1.807) is 24.3 Å². The Hall–Kier alpha value is -4.00. The summed E-state index contributed by atoms with van der Waals surface area (Å²) >= 11 is 0. The first-order valence-corrected chi connectivity index (χ1v) is 9.79. The molecular weight excluding hydrogens is 396 g/mol. The number of nitrogens with one attached hydrogen (secondary N) is 2. The van der Waals surface area contributed by atoms with Gasteiger partial charge >= 0.3 is 0 Å². The van der Waals surface area contributed by atoms with Crippen molar-refractivity contribution in [3.05, 3.63) is 78.4 Å². The average molecular weight is 420 g/mol. The minimum Gasteiger partial charge on any atom is -0.493 e. The predicted molar refractivity (Wildman–Crippen MR) is 117 cm³/mol. The highest BCUT2D eigenvalue weighted by Gasteiger charge is 2.13. The zero-order valence-electron chi connectivity index (χ0n) is 17.4. The van der Waals surface area contributed by atoms with Gasteiger partial charge in [0.2, 0.25) is 0 Å². The number of hydrazine groups is 1. The lowest BCUT2D eigenvalue weighted by atomic mass is 10.1. The van der Waals surface area contributed by atoms with E-state index in [1.807, 2.05) is 55.5 Å². The molecule has 3 aromatic carbocycles. The summed E-state index contributed by atoms with van der Waals surface area (Å²) in [6, 6.07) is 22.0. The quantitative estimate of drug-likeness (QED) is 0.544. The fraction of sp³-hybridized carbons (Fsp3) is 0.167. The SMILES string of the molecule is CCOc1ccc(C(=O)NNC(=O)COc2ccccc2-c2ccccc2)cc1OC. The van der Waals surface area contributed by atoms with E-state index < -0.39 is 11.8 Å². The Balaban J connectivity index is 1.56. The van der Waals surface area contributed by atoms with E-state index in [-0.39, 0.29) is 6.61 Å². The lowest BCUT2D eigenvalue weighted by Gasteiger charge is -2.13. The molecule has 0 fully saturated rings. The molecule has 0 radical (unpaired) electrons. The Kier molecular flexibility index (Phi) is 7.48. The monoisotopic (exact) mass is 420 g/mol. The fourth-order valence-corrected chi connectivity index (χ4v) is 2.91. The number of methoxy groups -OCH3 is 1. The van der Waals surface area contributed by atoms with Gasteiger partial charge in [-0.1, -0.05) is 48.5 Å². The van der Waals surface area contributed by atoms with E-state index >= 15 is 0 Å². The zero-order chi connectivity index (χ0) is 22.1. The molecule has 2 N–H and O–H groups in total. The summed E-state index contributed by atoms with van der Waals surface area (Å²) in [6.45, 7) is 2.08. The van der Waals surface area contributed by atoms with Gasteiger partial charge in [-0.05, 0) is 36.8 Å². The first-order valence-electron chi connectivity index (χ1n) is 9.79. The standard InChI is InChI=1S/C24H24N2O5/c1-3-30-21-14-13-18(15-22(21)29-2)24(28)26-25-23(27)16-31-20-12-8-7-11-19(20)17-9-5-4-6-10-17/h4-15H,3,16H2,1-2H3,(H,25,27)(H,26,28). The molecular formula is C24H24N2O5. The van der Waals surface area contributed by atoms with Gasteiger partial charge in [0.25, 0.3) is 11.8 Å². The molecule has 2 amide bonds. The molecule has 0 aliphatic carbocycles. The number of hydrogen-bond acceptors (Lipinski definition) is 5. The lowest BCUT2D eigenvalue weighted by molar-refractivity contribution is -0.123. The first-order chi connectivity index (χ1) is 15.1. The van der Waals surface area contributed by atoms with E-state index in [0.717, 1.165) is 11.1 Å². The van der Waals surface area contributed by atoms with Crippen molar-refractivity contribution in [3.8, 4) is 28.4 Å². The van der Waals surface area contributed by atoms with Gasteiger partial charge in [-0.25, -0.2) is 0 Å². The molecule has 0 saturated heterocycles. The normalized spacial score (nSPS) is 10.1. The molecule has 7 heteroatoms. The number of ether oxygens (including phenoxy) is 3. The summed E-state index contributed by atoms with van der Waals surface area (Å²) in [7, 11) is 1.49. The average Bonchev–Trinajstić information content (AvgIpc) is 2.82. The second kappa shape index (κ2) is 10.7. The van der Waals surface area contributed by atoms with Gasteiger partial charge in [0.05, 0.1) is 13.7 Å². The summed E-state index contributed by atoms with van der Waals surface area (Å²) < 4.78 is 16.3. The van der Waals surface area contributed by atoms with Gasteiger partial charge in [-0.3, -0.25) is 20.4 Å². The zero-order valence-corrected chi connectivity index (χ0v) is 17.4. The maximum absolute atomic E-state index is 12.3. The van der Waals surface area contributed by atoms with Gasteiger partial charge in [0, 0.05) is 11.1 Å². The second-order valence-electron chi connectivity index (χ2n) is 6.45. The Bertz CT molecular complexity index is 1040. The fourth-order valence-electron chi connectivity index (χ4n) is 2.91. The van der Waals surface area contributed by atoms with Crippen molar-refractivity contribution < 1.29 is 23.8 Å². The molecule has 0 saturated carbocycles. The van der Waals surface area contributed by atoms with E-state index in [9.17, 15) is 9.59 Å². The van der Waals surface area contributed by atoms with Gasteiger partial charge in [0.1, 0.15) is 5.75 Å². The molecule has 0 heterocycles. The number of carbonyl (C=O) groups excluding carboxylic acids is 2. The Labute approximate surface area is 180 Å². The third kappa shape index (κ3) is 5.76. The van der Waals surface area contributed by atoms with Crippen LogP contribution in [0.3, 0.4) is 0 Å². The van der Waals surface area contributed by atoms with Crippen molar-refractivity contribution in [1.29, 1.82) is 0 Å². The Morgan fingerprint density at radius 1 is 0.806 bits per heavy atom. The maximum atomic E-state index is 12.3. The van der Waals surface area contributed by atoms with E-state index in [1.165, 1.54) is 7.11 Å². The minimum atomic E-state index is -0.492. The molecule has 0 unspecified atom stereocenters. The molecule has 0 aliphatic heterocycles.